The molecule has 0 amide bonds. The number of hydrogen-bond acceptors (Lipinski definition) is 6. The zero-order valence-electron chi connectivity index (χ0n) is 21.5. The van der Waals surface area contributed by atoms with Gasteiger partial charge in [0, 0.05) is 37.0 Å². The van der Waals surface area contributed by atoms with E-state index in [1.54, 1.807) is 0 Å². The summed E-state index contributed by atoms with van der Waals surface area (Å²) in [4.78, 5) is 15.5. The lowest BCUT2D eigenvalue weighted by Gasteiger charge is -2.37. The van der Waals surface area contributed by atoms with Crippen LogP contribution < -0.4 is 10.2 Å². The molecular formula is C31H35N5O. The van der Waals surface area contributed by atoms with E-state index in [0.717, 1.165) is 77.0 Å². The number of fused-ring (bicyclic) bond motifs is 4. The molecule has 1 aromatic heterocycles. The molecule has 6 heteroatoms. The fourth-order valence-corrected chi connectivity index (χ4v) is 6.80. The summed E-state index contributed by atoms with van der Waals surface area (Å²) in [5.74, 6) is 3.03. The van der Waals surface area contributed by atoms with Crippen molar-refractivity contribution in [3.63, 3.8) is 0 Å². The molecule has 0 unspecified atom stereocenters. The summed E-state index contributed by atoms with van der Waals surface area (Å²) in [5.41, 5.74) is 3.13. The van der Waals surface area contributed by atoms with Gasteiger partial charge in [0.25, 0.3) is 0 Å². The first-order valence-electron chi connectivity index (χ1n) is 13.8. The first kappa shape index (κ1) is 22.9. The van der Waals surface area contributed by atoms with E-state index >= 15 is 0 Å². The van der Waals surface area contributed by atoms with Crippen molar-refractivity contribution in [1.82, 2.24) is 20.2 Å². The maximum absolute atomic E-state index is 10.5. The second-order valence-electron chi connectivity index (χ2n) is 11.3. The fourth-order valence-electron chi connectivity index (χ4n) is 6.80. The van der Waals surface area contributed by atoms with Gasteiger partial charge in [0.2, 0.25) is 0 Å². The summed E-state index contributed by atoms with van der Waals surface area (Å²) in [6.07, 6.45) is 5.81. The Morgan fingerprint density at radius 1 is 0.892 bits per heavy atom. The van der Waals surface area contributed by atoms with Crippen molar-refractivity contribution >= 4 is 27.5 Å². The zero-order chi connectivity index (χ0) is 24.9. The first-order valence-corrected chi connectivity index (χ1v) is 13.8. The van der Waals surface area contributed by atoms with E-state index in [0.29, 0.717) is 18.0 Å². The van der Waals surface area contributed by atoms with Crippen LogP contribution >= 0.6 is 0 Å². The van der Waals surface area contributed by atoms with E-state index in [2.05, 4.69) is 58.6 Å². The summed E-state index contributed by atoms with van der Waals surface area (Å²) >= 11 is 0. The van der Waals surface area contributed by atoms with E-state index in [1.165, 1.54) is 25.7 Å². The van der Waals surface area contributed by atoms with Crippen LogP contribution in [0.4, 0.5) is 5.82 Å². The number of rotatable bonds is 4. The van der Waals surface area contributed by atoms with Gasteiger partial charge in [-0.25, -0.2) is 9.97 Å². The zero-order valence-corrected chi connectivity index (χ0v) is 21.5. The minimum absolute atomic E-state index is 0.289. The minimum Gasteiger partial charge on any atom is -0.508 e. The molecular weight excluding hydrogens is 458 g/mol. The van der Waals surface area contributed by atoms with Crippen molar-refractivity contribution in [1.29, 1.82) is 0 Å². The molecule has 190 valence electrons. The van der Waals surface area contributed by atoms with Crippen LogP contribution in [-0.2, 0) is 6.42 Å². The molecule has 0 saturated carbocycles. The molecule has 2 bridgehead atoms. The van der Waals surface area contributed by atoms with Crippen LogP contribution in [0.5, 0.6) is 5.75 Å². The minimum atomic E-state index is 0.289. The standard InChI is InChI=1S/C31H35N5O/c1-35-12-10-20(11-13-35)14-30-33-29-16-22(28-17-25(37)15-21-4-2-3-5-26(21)28)6-9-27(29)31(34-30)36-23-7-8-24(36)19-32-18-23/h2-6,9,15-17,20,23-24,32,37H,7-8,10-14,18-19H2,1H3/t23-,24+. The monoisotopic (exact) mass is 493 g/mol. The van der Waals surface area contributed by atoms with Crippen LogP contribution in [0, 0.1) is 5.92 Å². The number of aromatic hydroxyl groups is 1. The summed E-state index contributed by atoms with van der Waals surface area (Å²) in [5, 5.41) is 17.4. The van der Waals surface area contributed by atoms with Crippen molar-refractivity contribution in [2.45, 2.75) is 44.2 Å². The highest BCUT2D eigenvalue weighted by atomic mass is 16.3. The lowest BCUT2D eigenvalue weighted by atomic mass is 9.93. The maximum atomic E-state index is 10.5. The van der Waals surface area contributed by atoms with Crippen LogP contribution in [0.2, 0.25) is 0 Å². The van der Waals surface area contributed by atoms with Gasteiger partial charge in [-0.1, -0.05) is 30.3 Å². The van der Waals surface area contributed by atoms with Gasteiger partial charge < -0.3 is 20.2 Å². The van der Waals surface area contributed by atoms with Gasteiger partial charge >= 0.3 is 0 Å². The highest BCUT2D eigenvalue weighted by molar-refractivity contribution is 6.00. The predicted octanol–water partition coefficient (Wildman–Crippen LogP) is 4.98. The summed E-state index contributed by atoms with van der Waals surface area (Å²) in [6, 6.07) is 19.6. The van der Waals surface area contributed by atoms with Gasteiger partial charge in [0.05, 0.1) is 5.52 Å². The van der Waals surface area contributed by atoms with E-state index in [-0.39, 0.29) is 5.75 Å². The van der Waals surface area contributed by atoms with Crippen molar-refractivity contribution in [3.8, 4) is 16.9 Å². The summed E-state index contributed by atoms with van der Waals surface area (Å²) < 4.78 is 0. The highest BCUT2D eigenvalue weighted by Crippen LogP contribution is 2.38. The Hall–Kier alpha value is -3.22. The maximum Gasteiger partial charge on any atom is 0.140 e. The smallest absolute Gasteiger partial charge is 0.140 e. The number of hydrogen-bond donors (Lipinski definition) is 2. The number of phenols is 1. The van der Waals surface area contributed by atoms with Crippen LogP contribution in [0.15, 0.2) is 54.6 Å². The number of piperazine rings is 1. The van der Waals surface area contributed by atoms with E-state index in [4.69, 9.17) is 9.97 Å². The molecule has 3 saturated heterocycles. The normalized spacial score (nSPS) is 22.8. The SMILES string of the molecule is CN1CCC(Cc2nc(N3[C@@H]4CC[C@H]3CNC4)c3ccc(-c4cc(O)cc5ccccc45)cc3n2)CC1. The lowest BCUT2D eigenvalue weighted by molar-refractivity contribution is 0.217. The number of phenolic OH excluding ortho intramolecular Hbond substituents is 1. The Bertz CT molecular complexity index is 1450. The Kier molecular flexibility index (Phi) is 5.74. The van der Waals surface area contributed by atoms with Gasteiger partial charge in [-0.3, -0.25) is 0 Å². The molecule has 4 heterocycles. The third kappa shape index (κ3) is 4.22. The van der Waals surface area contributed by atoms with E-state index < -0.39 is 0 Å². The van der Waals surface area contributed by atoms with Crippen LogP contribution in [0.25, 0.3) is 32.8 Å². The number of piperidine rings is 1. The molecule has 7 rings (SSSR count). The average molecular weight is 494 g/mol. The van der Waals surface area contributed by atoms with E-state index in [1.807, 2.05) is 18.2 Å². The van der Waals surface area contributed by atoms with Crippen molar-refractivity contribution in [2.24, 2.45) is 5.92 Å². The fraction of sp³-hybridized carbons (Fsp3) is 0.419. The molecule has 37 heavy (non-hydrogen) atoms. The number of likely N-dealkylation sites (tertiary alicyclic amines) is 1. The Balaban J connectivity index is 1.35. The molecule has 0 spiro atoms. The second kappa shape index (κ2) is 9.26. The number of nitrogens with zero attached hydrogens (tertiary/aromatic N) is 4. The Morgan fingerprint density at radius 3 is 2.49 bits per heavy atom. The average Bonchev–Trinajstić information content (AvgIpc) is 3.16. The Labute approximate surface area is 218 Å². The topological polar surface area (TPSA) is 64.5 Å². The second-order valence-corrected chi connectivity index (χ2v) is 11.3. The summed E-state index contributed by atoms with van der Waals surface area (Å²) in [6.45, 7) is 4.36. The molecule has 2 atom stereocenters. The number of benzene rings is 3. The third-order valence-corrected chi connectivity index (χ3v) is 8.81. The van der Waals surface area contributed by atoms with Gasteiger partial charge in [0.15, 0.2) is 0 Å². The largest absolute Gasteiger partial charge is 0.508 e. The van der Waals surface area contributed by atoms with Crippen molar-refractivity contribution in [2.75, 3.05) is 38.1 Å². The molecule has 3 aromatic carbocycles. The third-order valence-electron chi connectivity index (χ3n) is 8.81. The molecule has 3 aliphatic heterocycles. The highest BCUT2D eigenvalue weighted by Gasteiger charge is 2.38. The van der Waals surface area contributed by atoms with Crippen LogP contribution in [0.3, 0.4) is 0 Å². The molecule has 3 fully saturated rings. The number of anilines is 1. The molecule has 2 N–H and O–H groups in total. The van der Waals surface area contributed by atoms with Crippen LogP contribution in [-0.4, -0.2) is 65.3 Å². The quantitative estimate of drug-likeness (QED) is 0.418. The van der Waals surface area contributed by atoms with E-state index in [9.17, 15) is 5.11 Å². The molecule has 4 aromatic rings. The summed E-state index contributed by atoms with van der Waals surface area (Å²) in [7, 11) is 2.22. The first-order chi connectivity index (χ1) is 18.1. The van der Waals surface area contributed by atoms with Crippen molar-refractivity contribution < 1.29 is 5.11 Å². The molecule has 0 aliphatic carbocycles. The van der Waals surface area contributed by atoms with Crippen molar-refractivity contribution in [3.05, 3.63) is 60.4 Å². The number of nitrogens with one attached hydrogen (secondary N) is 1. The predicted molar refractivity (Wildman–Crippen MR) is 150 cm³/mol. The molecule has 3 aliphatic rings. The lowest BCUT2D eigenvalue weighted by Crippen LogP contribution is -2.52. The van der Waals surface area contributed by atoms with Gasteiger partial charge in [-0.2, -0.15) is 0 Å². The van der Waals surface area contributed by atoms with Crippen LogP contribution in [0.1, 0.15) is 31.5 Å². The van der Waals surface area contributed by atoms with Gasteiger partial charge in [-0.15, -0.1) is 0 Å². The Morgan fingerprint density at radius 2 is 1.68 bits per heavy atom. The van der Waals surface area contributed by atoms with Gasteiger partial charge in [0.1, 0.15) is 17.4 Å². The van der Waals surface area contributed by atoms with Gasteiger partial charge in [-0.05, 0) is 97.9 Å². The number of aromatic nitrogens is 2. The molecule has 0 radical (unpaired) electrons. The molecule has 6 nitrogen and oxygen atoms in total.